The van der Waals surface area contributed by atoms with E-state index in [4.69, 9.17) is 0 Å². The Morgan fingerprint density at radius 3 is 2.79 bits per heavy atom. The number of rotatable bonds is 4. The predicted octanol–water partition coefficient (Wildman–Crippen LogP) is 3.36. The van der Waals surface area contributed by atoms with Gasteiger partial charge in [-0.1, -0.05) is 35.0 Å². The number of hydrogen-bond donors (Lipinski definition) is 0. The maximum Gasteiger partial charge on any atom is 0.147 e. The first kappa shape index (κ1) is 12.2. The van der Waals surface area contributed by atoms with Crippen molar-refractivity contribution in [2.24, 2.45) is 0 Å². The zero-order valence-corrected chi connectivity index (χ0v) is 11.8. The van der Waals surface area contributed by atoms with Crippen LogP contribution in [0.5, 0.6) is 0 Å². The second-order valence-electron chi connectivity index (χ2n) is 3.08. The van der Waals surface area contributed by atoms with Crippen LogP contribution in [0.2, 0.25) is 0 Å². The molecule has 0 fully saturated rings. The van der Waals surface area contributed by atoms with Crippen LogP contribution in [0.1, 0.15) is 18.1 Å². The lowest BCUT2D eigenvalue weighted by atomic mass is 10.0. The molecule has 0 saturated carbocycles. The summed E-state index contributed by atoms with van der Waals surface area (Å²) >= 11 is 5.48. The number of Topliss-reactive ketones (excluding diaryl/α,β-unsaturated/α-hetero) is 1. The number of aryl methyl sites for hydroxylation is 1. The lowest BCUT2D eigenvalue weighted by Gasteiger charge is -2.08. The highest BCUT2D eigenvalue weighted by Gasteiger charge is 2.09. The van der Waals surface area contributed by atoms with E-state index in [1.807, 2.05) is 6.07 Å². The third-order valence-corrected chi connectivity index (χ3v) is 3.76. The van der Waals surface area contributed by atoms with Gasteiger partial charge in [-0.2, -0.15) is 0 Å². The Bertz CT molecular complexity index is 336. The van der Waals surface area contributed by atoms with Crippen LogP contribution >= 0.6 is 38.5 Å². The van der Waals surface area contributed by atoms with Crippen LogP contribution < -0.4 is 0 Å². The molecule has 0 saturated heterocycles. The summed E-state index contributed by atoms with van der Waals surface area (Å²) in [5.74, 6) is 0.240. The number of hydrogen-bond acceptors (Lipinski definition) is 1. The topological polar surface area (TPSA) is 17.1 Å². The smallest absolute Gasteiger partial charge is 0.147 e. The molecule has 14 heavy (non-hydrogen) atoms. The van der Waals surface area contributed by atoms with E-state index in [1.54, 1.807) is 0 Å². The number of carbonyl (C=O) groups is 1. The van der Waals surface area contributed by atoms with Gasteiger partial charge in [-0.3, -0.25) is 4.79 Å². The van der Waals surface area contributed by atoms with Gasteiger partial charge in [0.05, 0.1) is 5.33 Å². The first-order valence-electron chi connectivity index (χ1n) is 4.53. The summed E-state index contributed by atoms with van der Waals surface area (Å²) < 4.78 is 1.19. The second kappa shape index (κ2) is 5.85. The van der Waals surface area contributed by atoms with Gasteiger partial charge in [0, 0.05) is 9.99 Å². The molecule has 0 spiro atoms. The Hall–Kier alpha value is 0.1000. The normalized spacial score (nSPS) is 10.2. The molecule has 0 atom stereocenters. The SMILES string of the molecule is CCc1cccc(I)c1CC(=O)CBr. The molecule has 76 valence electrons. The molecule has 1 aromatic carbocycles. The summed E-state index contributed by atoms with van der Waals surface area (Å²) in [4.78, 5) is 11.4. The molecule has 0 unspecified atom stereocenters. The third-order valence-electron chi connectivity index (χ3n) is 2.12. The Morgan fingerprint density at radius 2 is 2.21 bits per heavy atom. The van der Waals surface area contributed by atoms with Gasteiger partial charge in [0.2, 0.25) is 0 Å². The monoisotopic (exact) mass is 366 g/mol. The summed E-state index contributed by atoms with van der Waals surface area (Å²) in [6.45, 7) is 2.12. The molecule has 1 nitrogen and oxygen atoms in total. The second-order valence-corrected chi connectivity index (χ2v) is 4.80. The van der Waals surface area contributed by atoms with Crippen molar-refractivity contribution in [2.45, 2.75) is 19.8 Å². The first-order valence-corrected chi connectivity index (χ1v) is 6.73. The summed E-state index contributed by atoms with van der Waals surface area (Å²) in [6, 6.07) is 6.19. The number of benzene rings is 1. The van der Waals surface area contributed by atoms with E-state index in [1.165, 1.54) is 14.7 Å². The van der Waals surface area contributed by atoms with Crippen molar-refractivity contribution in [1.82, 2.24) is 0 Å². The van der Waals surface area contributed by atoms with E-state index in [-0.39, 0.29) is 5.78 Å². The highest BCUT2D eigenvalue weighted by atomic mass is 127. The minimum atomic E-state index is 0.240. The fourth-order valence-corrected chi connectivity index (χ4v) is 2.32. The van der Waals surface area contributed by atoms with Crippen LogP contribution in [0.3, 0.4) is 0 Å². The average Bonchev–Trinajstić information content (AvgIpc) is 2.20. The van der Waals surface area contributed by atoms with Crippen molar-refractivity contribution in [3.63, 3.8) is 0 Å². The van der Waals surface area contributed by atoms with Crippen LogP contribution in [-0.2, 0) is 17.6 Å². The number of alkyl halides is 1. The minimum Gasteiger partial charge on any atom is -0.298 e. The zero-order valence-electron chi connectivity index (χ0n) is 8.02. The van der Waals surface area contributed by atoms with E-state index in [0.29, 0.717) is 11.8 Å². The van der Waals surface area contributed by atoms with Crippen LogP contribution in [0.15, 0.2) is 18.2 Å². The highest BCUT2D eigenvalue weighted by molar-refractivity contribution is 14.1. The van der Waals surface area contributed by atoms with E-state index >= 15 is 0 Å². The summed E-state index contributed by atoms with van der Waals surface area (Å²) in [5, 5.41) is 0.446. The van der Waals surface area contributed by atoms with Gasteiger partial charge < -0.3 is 0 Å². The highest BCUT2D eigenvalue weighted by Crippen LogP contribution is 2.18. The number of carbonyl (C=O) groups excluding carboxylic acids is 1. The molecule has 0 heterocycles. The Labute approximate surface area is 107 Å². The van der Waals surface area contributed by atoms with Crippen molar-refractivity contribution in [1.29, 1.82) is 0 Å². The van der Waals surface area contributed by atoms with Gasteiger partial charge in [0.1, 0.15) is 5.78 Å². The molecule has 1 rings (SSSR count). The molecule has 0 aromatic heterocycles. The third kappa shape index (κ3) is 3.05. The van der Waals surface area contributed by atoms with Crippen LogP contribution in [0, 0.1) is 3.57 Å². The van der Waals surface area contributed by atoms with Crippen molar-refractivity contribution in [3.05, 3.63) is 32.9 Å². The lowest BCUT2D eigenvalue weighted by Crippen LogP contribution is -2.07. The summed E-state index contributed by atoms with van der Waals surface area (Å²) in [6.07, 6.45) is 1.54. The largest absolute Gasteiger partial charge is 0.298 e. The predicted molar refractivity (Wildman–Crippen MR) is 71.0 cm³/mol. The Kier molecular flexibility index (Phi) is 5.09. The average molecular weight is 367 g/mol. The molecule has 0 aliphatic carbocycles. The Morgan fingerprint density at radius 1 is 1.50 bits per heavy atom. The van der Waals surface area contributed by atoms with Crippen molar-refractivity contribution < 1.29 is 4.79 Å². The molecule has 0 radical (unpaired) electrons. The number of halogens is 2. The molecule has 0 aliphatic heterocycles. The van der Waals surface area contributed by atoms with Crippen molar-refractivity contribution >= 4 is 44.3 Å². The molecule has 0 bridgehead atoms. The maximum atomic E-state index is 11.4. The molecular formula is C11H12BrIO. The minimum absolute atomic E-state index is 0.240. The fraction of sp³-hybridized carbons (Fsp3) is 0.364. The van der Waals surface area contributed by atoms with E-state index in [9.17, 15) is 4.79 Å². The van der Waals surface area contributed by atoms with Gasteiger partial charge in [-0.15, -0.1) is 0 Å². The van der Waals surface area contributed by atoms with E-state index < -0.39 is 0 Å². The first-order chi connectivity index (χ1) is 6.69. The molecule has 0 aliphatic rings. The number of ketones is 1. The quantitative estimate of drug-likeness (QED) is 0.589. The molecule has 3 heteroatoms. The fourth-order valence-electron chi connectivity index (χ4n) is 1.38. The Balaban J connectivity index is 2.98. The van der Waals surface area contributed by atoms with Gasteiger partial charge in [0.15, 0.2) is 0 Å². The maximum absolute atomic E-state index is 11.4. The van der Waals surface area contributed by atoms with Crippen molar-refractivity contribution in [2.75, 3.05) is 5.33 Å². The molecular weight excluding hydrogens is 355 g/mol. The summed E-state index contributed by atoms with van der Waals surface area (Å²) in [7, 11) is 0. The van der Waals surface area contributed by atoms with Crippen molar-refractivity contribution in [3.8, 4) is 0 Å². The van der Waals surface area contributed by atoms with Crippen LogP contribution in [0.4, 0.5) is 0 Å². The standard InChI is InChI=1S/C11H12BrIO/c1-2-8-4-3-5-11(13)10(8)6-9(14)7-12/h3-5H,2,6-7H2,1H3. The lowest BCUT2D eigenvalue weighted by molar-refractivity contribution is -0.115. The van der Waals surface area contributed by atoms with E-state index in [0.717, 1.165) is 6.42 Å². The zero-order chi connectivity index (χ0) is 10.6. The van der Waals surface area contributed by atoms with Gasteiger partial charge in [0.25, 0.3) is 0 Å². The molecule has 0 amide bonds. The van der Waals surface area contributed by atoms with Gasteiger partial charge in [-0.05, 0) is 46.2 Å². The van der Waals surface area contributed by atoms with E-state index in [2.05, 4.69) is 57.6 Å². The molecule has 0 N–H and O–H groups in total. The summed E-state index contributed by atoms with van der Waals surface area (Å²) in [5.41, 5.74) is 2.48. The van der Waals surface area contributed by atoms with Crippen LogP contribution in [-0.4, -0.2) is 11.1 Å². The van der Waals surface area contributed by atoms with Gasteiger partial charge in [-0.25, -0.2) is 0 Å². The van der Waals surface area contributed by atoms with Gasteiger partial charge >= 0.3 is 0 Å². The molecule has 1 aromatic rings. The van der Waals surface area contributed by atoms with Crippen LogP contribution in [0.25, 0.3) is 0 Å².